The van der Waals surface area contributed by atoms with Crippen molar-refractivity contribution in [2.24, 2.45) is 0 Å². The van der Waals surface area contributed by atoms with Gasteiger partial charge in [-0.1, -0.05) is 0 Å². The molecule has 0 saturated heterocycles. The van der Waals surface area contributed by atoms with E-state index >= 15 is 0 Å². The van der Waals surface area contributed by atoms with Crippen LogP contribution in [0.3, 0.4) is 0 Å². The molecule has 2 heterocycles. The van der Waals surface area contributed by atoms with Crippen LogP contribution < -0.4 is 0 Å². The van der Waals surface area contributed by atoms with E-state index in [1.54, 1.807) is 12.7 Å². The van der Waals surface area contributed by atoms with Gasteiger partial charge in [-0.2, -0.15) is 5.10 Å². The standard InChI is InChI=1S/C10H14ClN5/c1-8(2)16-10(12-6-14-16)5-15-4-9(3-11)13-7-15/h4,6-8H,3,5H2,1-2H3. The predicted octanol–water partition coefficient (Wildman–Crippen LogP) is 1.84. The highest BCUT2D eigenvalue weighted by Crippen LogP contribution is 2.08. The Hall–Kier alpha value is -1.36. The van der Waals surface area contributed by atoms with Gasteiger partial charge >= 0.3 is 0 Å². The third-order valence-corrected chi connectivity index (χ3v) is 2.56. The molecule has 16 heavy (non-hydrogen) atoms. The largest absolute Gasteiger partial charge is 0.330 e. The van der Waals surface area contributed by atoms with Crippen molar-refractivity contribution < 1.29 is 0 Å². The molecule has 2 rings (SSSR count). The summed E-state index contributed by atoms with van der Waals surface area (Å²) in [6.07, 6.45) is 5.26. The fourth-order valence-electron chi connectivity index (χ4n) is 1.54. The van der Waals surface area contributed by atoms with Gasteiger partial charge < -0.3 is 4.57 Å². The van der Waals surface area contributed by atoms with Crippen molar-refractivity contribution in [2.75, 3.05) is 0 Å². The van der Waals surface area contributed by atoms with Crippen LogP contribution in [-0.2, 0) is 12.4 Å². The van der Waals surface area contributed by atoms with Gasteiger partial charge in [-0.15, -0.1) is 11.6 Å². The molecule has 0 radical (unpaired) electrons. The van der Waals surface area contributed by atoms with Crippen molar-refractivity contribution in [1.29, 1.82) is 0 Å². The smallest absolute Gasteiger partial charge is 0.147 e. The highest BCUT2D eigenvalue weighted by atomic mass is 35.5. The summed E-state index contributed by atoms with van der Waals surface area (Å²) < 4.78 is 3.86. The minimum absolute atomic E-state index is 0.313. The van der Waals surface area contributed by atoms with E-state index in [1.807, 2.05) is 15.4 Å². The van der Waals surface area contributed by atoms with Crippen molar-refractivity contribution in [1.82, 2.24) is 24.3 Å². The number of halogens is 1. The second-order valence-electron chi connectivity index (χ2n) is 3.89. The minimum Gasteiger partial charge on any atom is -0.330 e. The van der Waals surface area contributed by atoms with Crippen LogP contribution in [0.15, 0.2) is 18.9 Å². The Morgan fingerprint density at radius 3 is 2.81 bits per heavy atom. The van der Waals surface area contributed by atoms with Crippen LogP contribution in [0.25, 0.3) is 0 Å². The van der Waals surface area contributed by atoms with E-state index in [4.69, 9.17) is 11.6 Å². The van der Waals surface area contributed by atoms with Gasteiger partial charge in [0.2, 0.25) is 0 Å². The molecule has 2 aromatic heterocycles. The molecule has 0 N–H and O–H groups in total. The number of hydrogen-bond acceptors (Lipinski definition) is 3. The lowest BCUT2D eigenvalue weighted by molar-refractivity contribution is 0.496. The third-order valence-electron chi connectivity index (χ3n) is 2.28. The lowest BCUT2D eigenvalue weighted by Gasteiger charge is -2.09. The molecule has 0 aliphatic rings. The molecule has 6 heteroatoms. The zero-order valence-electron chi connectivity index (χ0n) is 9.34. The fourth-order valence-corrected chi connectivity index (χ4v) is 1.68. The second kappa shape index (κ2) is 4.65. The number of aromatic nitrogens is 5. The van der Waals surface area contributed by atoms with Gasteiger partial charge in [0, 0.05) is 12.2 Å². The Morgan fingerprint density at radius 1 is 1.38 bits per heavy atom. The summed E-state index contributed by atoms with van der Waals surface area (Å²) in [4.78, 5) is 8.40. The van der Waals surface area contributed by atoms with Gasteiger partial charge in [0.1, 0.15) is 12.2 Å². The first-order valence-electron chi connectivity index (χ1n) is 5.15. The van der Waals surface area contributed by atoms with Gasteiger partial charge in [0.15, 0.2) is 0 Å². The first kappa shape index (κ1) is 11.1. The quantitative estimate of drug-likeness (QED) is 0.765. The zero-order valence-corrected chi connectivity index (χ0v) is 10.1. The summed E-state index contributed by atoms with van der Waals surface area (Å²) in [6, 6.07) is 0.313. The first-order chi connectivity index (χ1) is 7.70. The maximum absolute atomic E-state index is 5.69. The average Bonchev–Trinajstić information content (AvgIpc) is 2.87. The van der Waals surface area contributed by atoms with Crippen molar-refractivity contribution in [2.45, 2.75) is 32.3 Å². The normalized spacial score (nSPS) is 11.2. The van der Waals surface area contributed by atoms with E-state index < -0.39 is 0 Å². The lowest BCUT2D eigenvalue weighted by Crippen LogP contribution is -2.11. The molecule has 0 aliphatic heterocycles. The van der Waals surface area contributed by atoms with Crippen LogP contribution in [0.1, 0.15) is 31.4 Å². The first-order valence-corrected chi connectivity index (χ1v) is 5.69. The van der Waals surface area contributed by atoms with Crippen LogP contribution in [0.5, 0.6) is 0 Å². The summed E-state index contributed by atoms with van der Waals surface area (Å²) in [5.74, 6) is 1.36. The van der Waals surface area contributed by atoms with E-state index in [2.05, 4.69) is 28.9 Å². The van der Waals surface area contributed by atoms with Crippen molar-refractivity contribution in [3.8, 4) is 0 Å². The SMILES string of the molecule is CC(C)n1ncnc1Cn1cnc(CCl)c1. The molecular weight excluding hydrogens is 226 g/mol. The molecule has 0 aliphatic carbocycles. The Labute approximate surface area is 99.1 Å². The minimum atomic E-state index is 0.313. The zero-order chi connectivity index (χ0) is 11.5. The number of hydrogen-bond donors (Lipinski definition) is 0. The van der Waals surface area contributed by atoms with Gasteiger partial charge in [0.05, 0.1) is 24.4 Å². The fraction of sp³-hybridized carbons (Fsp3) is 0.500. The van der Waals surface area contributed by atoms with Crippen LogP contribution in [0, 0.1) is 0 Å². The van der Waals surface area contributed by atoms with E-state index in [-0.39, 0.29) is 0 Å². The van der Waals surface area contributed by atoms with E-state index in [0.29, 0.717) is 18.5 Å². The second-order valence-corrected chi connectivity index (χ2v) is 4.15. The van der Waals surface area contributed by atoms with E-state index in [9.17, 15) is 0 Å². The van der Waals surface area contributed by atoms with Gasteiger partial charge in [-0.05, 0) is 13.8 Å². The lowest BCUT2D eigenvalue weighted by atomic mass is 10.4. The van der Waals surface area contributed by atoms with Crippen molar-refractivity contribution >= 4 is 11.6 Å². The van der Waals surface area contributed by atoms with Crippen LogP contribution >= 0.6 is 11.6 Å². The maximum atomic E-state index is 5.69. The molecule has 0 unspecified atom stereocenters. The molecule has 0 fully saturated rings. The van der Waals surface area contributed by atoms with Gasteiger partial charge in [-0.25, -0.2) is 14.6 Å². The highest BCUT2D eigenvalue weighted by Gasteiger charge is 2.08. The van der Waals surface area contributed by atoms with Crippen LogP contribution in [0.2, 0.25) is 0 Å². The third kappa shape index (κ3) is 2.24. The van der Waals surface area contributed by atoms with E-state index in [0.717, 1.165) is 11.5 Å². The number of rotatable bonds is 4. The summed E-state index contributed by atoms with van der Waals surface area (Å²) in [7, 11) is 0. The van der Waals surface area contributed by atoms with E-state index in [1.165, 1.54) is 0 Å². The molecule has 0 bridgehead atoms. The van der Waals surface area contributed by atoms with Crippen LogP contribution in [0.4, 0.5) is 0 Å². The molecule has 0 amide bonds. The Balaban J connectivity index is 2.17. The Bertz CT molecular complexity index is 459. The molecule has 86 valence electrons. The number of nitrogens with zero attached hydrogens (tertiary/aromatic N) is 5. The molecule has 0 spiro atoms. The summed E-state index contributed by atoms with van der Waals surface area (Å²) >= 11 is 5.69. The van der Waals surface area contributed by atoms with Gasteiger partial charge in [0.25, 0.3) is 0 Å². The molecule has 0 aromatic carbocycles. The van der Waals surface area contributed by atoms with Crippen LogP contribution in [-0.4, -0.2) is 24.3 Å². The monoisotopic (exact) mass is 239 g/mol. The predicted molar refractivity (Wildman–Crippen MR) is 61.3 cm³/mol. The average molecular weight is 240 g/mol. The highest BCUT2D eigenvalue weighted by molar-refractivity contribution is 6.16. The topological polar surface area (TPSA) is 48.5 Å². The molecular formula is C10H14ClN5. The van der Waals surface area contributed by atoms with Gasteiger partial charge in [-0.3, -0.25) is 0 Å². The molecule has 0 atom stereocenters. The maximum Gasteiger partial charge on any atom is 0.147 e. The summed E-state index contributed by atoms with van der Waals surface area (Å²) in [6.45, 7) is 4.83. The van der Waals surface area contributed by atoms with Crippen molar-refractivity contribution in [3.63, 3.8) is 0 Å². The number of alkyl halides is 1. The molecule has 5 nitrogen and oxygen atoms in total. The summed E-state index contributed by atoms with van der Waals surface area (Å²) in [5.41, 5.74) is 0.872. The Kier molecular flexibility index (Phi) is 3.24. The molecule has 2 aromatic rings. The summed E-state index contributed by atoms with van der Waals surface area (Å²) in [5, 5.41) is 4.18. The molecule has 0 saturated carbocycles. The van der Waals surface area contributed by atoms with Crippen molar-refractivity contribution in [3.05, 3.63) is 30.4 Å². The Morgan fingerprint density at radius 2 is 2.19 bits per heavy atom. The number of imidazole rings is 1.